The lowest BCUT2D eigenvalue weighted by molar-refractivity contribution is 0.101. The van der Waals surface area contributed by atoms with Crippen LogP contribution in [0.5, 0.6) is 0 Å². The molecule has 13 heavy (non-hydrogen) atoms. The Morgan fingerprint density at radius 3 is 2.92 bits per heavy atom. The van der Waals surface area contributed by atoms with Crippen LogP contribution in [-0.4, -0.2) is 15.2 Å². The average Bonchev–Trinajstić information content (AvgIpc) is 2.45. The Kier molecular flexibility index (Phi) is 1.81. The molecular weight excluding hydrogens is 188 g/mol. The Labute approximate surface area is 80.0 Å². The summed E-state index contributed by atoms with van der Waals surface area (Å²) in [4.78, 5) is 15.2. The van der Waals surface area contributed by atoms with E-state index in [0.29, 0.717) is 16.5 Å². The fourth-order valence-corrected chi connectivity index (χ4v) is 1.51. The number of Topliss-reactive ketones (excluding diaryl/α,β-unsaturated/α-hetero) is 1. The molecule has 0 saturated heterocycles. The van der Waals surface area contributed by atoms with Gasteiger partial charge in [0.1, 0.15) is 16.5 Å². The molecular formula is C9H7ClN2O. The van der Waals surface area contributed by atoms with Gasteiger partial charge in [0.25, 0.3) is 0 Å². The van der Waals surface area contributed by atoms with Crippen molar-refractivity contribution >= 4 is 23.0 Å². The number of ketones is 1. The van der Waals surface area contributed by atoms with Crippen molar-refractivity contribution in [2.24, 2.45) is 0 Å². The summed E-state index contributed by atoms with van der Waals surface area (Å²) < 4.78 is 1.68. The molecule has 2 aromatic rings. The van der Waals surface area contributed by atoms with Gasteiger partial charge in [-0.2, -0.15) is 0 Å². The molecule has 0 spiro atoms. The van der Waals surface area contributed by atoms with E-state index in [-0.39, 0.29) is 5.78 Å². The van der Waals surface area contributed by atoms with E-state index in [1.165, 1.54) is 6.92 Å². The molecule has 66 valence electrons. The van der Waals surface area contributed by atoms with Gasteiger partial charge >= 0.3 is 0 Å². The minimum absolute atomic E-state index is 0.117. The van der Waals surface area contributed by atoms with E-state index in [2.05, 4.69) is 4.98 Å². The predicted molar refractivity (Wildman–Crippen MR) is 50.2 cm³/mol. The summed E-state index contributed by atoms with van der Waals surface area (Å²) in [5.41, 5.74) is 1.02. The predicted octanol–water partition coefficient (Wildman–Crippen LogP) is 2.19. The number of carbonyl (C=O) groups is 1. The molecule has 0 unspecified atom stereocenters. The smallest absolute Gasteiger partial charge is 0.181 e. The number of rotatable bonds is 1. The SMILES string of the molecule is CC(=O)c1nc2ccccn2c1Cl. The van der Waals surface area contributed by atoms with E-state index in [1.54, 1.807) is 16.7 Å². The van der Waals surface area contributed by atoms with E-state index in [4.69, 9.17) is 11.6 Å². The van der Waals surface area contributed by atoms with Crippen LogP contribution >= 0.6 is 11.6 Å². The van der Waals surface area contributed by atoms with Gasteiger partial charge in [0.15, 0.2) is 5.78 Å². The Bertz CT molecular complexity index is 475. The zero-order valence-electron chi connectivity index (χ0n) is 6.99. The lowest BCUT2D eigenvalue weighted by Gasteiger charge is -1.91. The van der Waals surface area contributed by atoms with Crippen LogP contribution in [-0.2, 0) is 0 Å². The minimum Gasteiger partial charge on any atom is -0.293 e. The van der Waals surface area contributed by atoms with Crippen molar-refractivity contribution in [3.05, 3.63) is 35.2 Å². The molecule has 0 atom stereocenters. The summed E-state index contributed by atoms with van der Waals surface area (Å²) in [5, 5.41) is 0.378. The Morgan fingerprint density at radius 2 is 2.31 bits per heavy atom. The molecule has 0 radical (unpaired) electrons. The van der Waals surface area contributed by atoms with Gasteiger partial charge in [0.2, 0.25) is 0 Å². The van der Waals surface area contributed by atoms with Gasteiger partial charge in [-0.15, -0.1) is 0 Å². The largest absolute Gasteiger partial charge is 0.293 e. The first kappa shape index (κ1) is 8.26. The minimum atomic E-state index is -0.117. The molecule has 0 fully saturated rings. The Morgan fingerprint density at radius 1 is 1.54 bits per heavy atom. The van der Waals surface area contributed by atoms with E-state index in [0.717, 1.165) is 0 Å². The first-order valence-corrected chi connectivity index (χ1v) is 4.21. The van der Waals surface area contributed by atoms with Crippen LogP contribution in [0.3, 0.4) is 0 Å². The van der Waals surface area contributed by atoms with Gasteiger partial charge < -0.3 is 0 Å². The number of nitrogens with zero attached hydrogens (tertiary/aromatic N) is 2. The van der Waals surface area contributed by atoms with Crippen molar-refractivity contribution in [2.45, 2.75) is 6.92 Å². The number of hydrogen-bond acceptors (Lipinski definition) is 2. The standard InChI is InChI=1S/C9H7ClN2O/c1-6(13)8-9(10)12-5-3-2-4-7(12)11-8/h2-5H,1H3. The number of hydrogen-bond donors (Lipinski definition) is 0. The lowest BCUT2D eigenvalue weighted by Crippen LogP contribution is -1.92. The Hall–Kier alpha value is -1.35. The van der Waals surface area contributed by atoms with Crippen molar-refractivity contribution in [1.29, 1.82) is 0 Å². The van der Waals surface area contributed by atoms with Crippen molar-refractivity contribution < 1.29 is 4.79 Å². The highest BCUT2D eigenvalue weighted by Gasteiger charge is 2.12. The van der Waals surface area contributed by atoms with Crippen LogP contribution in [0.25, 0.3) is 5.65 Å². The first-order valence-electron chi connectivity index (χ1n) is 3.83. The van der Waals surface area contributed by atoms with E-state index < -0.39 is 0 Å². The van der Waals surface area contributed by atoms with E-state index >= 15 is 0 Å². The fourth-order valence-electron chi connectivity index (χ4n) is 1.19. The quantitative estimate of drug-likeness (QED) is 0.653. The molecule has 0 amide bonds. The molecule has 0 N–H and O–H groups in total. The zero-order valence-corrected chi connectivity index (χ0v) is 7.75. The van der Waals surface area contributed by atoms with E-state index in [1.807, 2.05) is 12.1 Å². The second-order valence-electron chi connectivity index (χ2n) is 2.74. The molecule has 0 bridgehead atoms. The maximum atomic E-state index is 11.1. The fraction of sp³-hybridized carbons (Fsp3) is 0.111. The van der Waals surface area contributed by atoms with Gasteiger partial charge in [-0.1, -0.05) is 17.7 Å². The second kappa shape index (κ2) is 2.85. The summed E-state index contributed by atoms with van der Waals surface area (Å²) in [7, 11) is 0. The van der Waals surface area contributed by atoms with Crippen LogP contribution < -0.4 is 0 Å². The highest BCUT2D eigenvalue weighted by Crippen LogP contribution is 2.17. The lowest BCUT2D eigenvalue weighted by atomic mass is 10.3. The third-order valence-electron chi connectivity index (χ3n) is 1.81. The number of halogens is 1. The van der Waals surface area contributed by atoms with Crippen molar-refractivity contribution in [3.8, 4) is 0 Å². The maximum absolute atomic E-state index is 11.1. The van der Waals surface area contributed by atoms with Gasteiger partial charge in [-0.25, -0.2) is 4.98 Å². The molecule has 0 aliphatic carbocycles. The highest BCUT2D eigenvalue weighted by atomic mass is 35.5. The van der Waals surface area contributed by atoms with E-state index in [9.17, 15) is 4.79 Å². The summed E-state index contributed by atoms with van der Waals surface area (Å²) in [6.45, 7) is 1.45. The third-order valence-corrected chi connectivity index (χ3v) is 2.17. The van der Waals surface area contributed by atoms with Crippen molar-refractivity contribution in [2.75, 3.05) is 0 Å². The van der Waals surface area contributed by atoms with Crippen molar-refractivity contribution in [3.63, 3.8) is 0 Å². The van der Waals surface area contributed by atoms with Crippen LogP contribution in [0.15, 0.2) is 24.4 Å². The Balaban J connectivity index is 2.81. The van der Waals surface area contributed by atoms with Gasteiger partial charge in [-0.05, 0) is 12.1 Å². The number of carbonyl (C=O) groups excluding carboxylic acids is 1. The molecule has 0 aromatic carbocycles. The molecule has 2 heterocycles. The normalized spacial score (nSPS) is 10.6. The van der Waals surface area contributed by atoms with Crippen LogP contribution in [0, 0.1) is 0 Å². The van der Waals surface area contributed by atoms with Crippen LogP contribution in [0.2, 0.25) is 5.15 Å². The number of pyridine rings is 1. The molecule has 4 heteroatoms. The van der Waals surface area contributed by atoms with Gasteiger partial charge in [0.05, 0.1) is 0 Å². The molecule has 0 aliphatic heterocycles. The monoisotopic (exact) mass is 194 g/mol. The summed E-state index contributed by atoms with van der Waals surface area (Å²) in [6, 6.07) is 5.49. The number of fused-ring (bicyclic) bond motifs is 1. The molecule has 0 saturated carbocycles. The summed E-state index contributed by atoms with van der Waals surface area (Å²) >= 11 is 5.93. The molecule has 0 aliphatic rings. The maximum Gasteiger partial charge on any atom is 0.181 e. The number of imidazole rings is 1. The number of aromatic nitrogens is 2. The van der Waals surface area contributed by atoms with Crippen LogP contribution in [0.4, 0.5) is 0 Å². The summed E-state index contributed by atoms with van der Waals surface area (Å²) in [5.74, 6) is -0.117. The van der Waals surface area contributed by atoms with Crippen LogP contribution in [0.1, 0.15) is 17.4 Å². The first-order chi connectivity index (χ1) is 6.20. The second-order valence-corrected chi connectivity index (χ2v) is 3.09. The molecule has 2 rings (SSSR count). The van der Waals surface area contributed by atoms with Gasteiger partial charge in [-0.3, -0.25) is 9.20 Å². The molecule has 3 nitrogen and oxygen atoms in total. The summed E-state index contributed by atoms with van der Waals surface area (Å²) in [6.07, 6.45) is 1.77. The van der Waals surface area contributed by atoms with Gasteiger partial charge in [0, 0.05) is 13.1 Å². The highest BCUT2D eigenvalue weighted by molar-refractivity contribution is 6.32. The van der Waals surface area contributed by atoms with Crippen molar-refractivity contribution in [1.82, 2.24) is 9.38 Å². The average molecular weight is 195 g/mol. The molecule has 2 aromatic heterocycles. The zero-order chi connectivity index (χ0) is 9.42. The third kappa shape index (κ3) is 1.21. The topological polar surface area (TPSA) is 34.4 Å².